The summed E-state index contributed by atoms with van der Waals surface area (Å²) in [5.74, 6) is 1.88. The molecule has 4 heteroatoms. The lowest BCUT2D eigenvalue weighted by Crippen LogP contribution is -2.24. The summed E-state index contributed by atoms with van der Waals surface area (Å²) in [6.07, 6.45) is 5.78. The van der Waals surface area contributed by atoms with Crippen molar-refractivity contribution in [1.82, 2.24) is 5.32 Å². The van der Waals surface area contributed by atoms with Gasteiger partial charge in [0.05, 0.1) is 13.0 Å². The van der Waals surface area contributed by atoms with E-state index in [4.69, 9.17) is 6.42 Å². The predicted octanol–water partition coefficient (Wildman–Crippen LogP) is 0.469. The van der Waals surface area contributed by atoms with Gasteiger partial charge in [-0.15, -0.1) is 12.3 Å². The van der Waals surface area contributed by atoms with Gasteiger partial charge in [0.25, 0.3) is 0 Å². The average molecular weight is 197 g/mol. The van der Waals surface area contributed by atoms with Gasteiger partial charge in [0, 0.05) is 19.4 Å². The van der Waals surface area contributed by atoms with E-state index in [0.29, 0.717) is 19.6 Å². The van der Waals surface area contributed by atoms with Crippen LogP contribution in [0.15, 0.2) is 0 Å². The lowest BCUT2D eigenvalue weighted by molar-refractivity contribution is -0.144. The summed E-state index contributed by atoms with van der Waals surface area (Å²) in [5, 5.41) is 2.59. The molecule has 0 aromatic rings. The Kier molecular flexibility index (Phi) is 7.24. The fraction of sp³-hybridized carbons (Fsp3) is 0.600. The Hall–Kier alpha value is -1.50. The molecule has 14 heavy (non-hydrogen) atoms. The first-order valence-electron chi connectivity index (χ1n) is 4.56. The van der Waals surface area contributed by atoms with Crippen LogP contribution < -0.4 is 5.32 Å². The molecule has 0 aliphatic rings. The number of hydrogen-bond donors (Lipinski definition) is 1. The summed E-state index contributed by atoms with van der Waals surface area (Å²) in [6.45, 7) is 2.53. The molecule has 0 aliphatic carbocycles. The van der Waals surface area contributed by atoms with Crippen molar-refractivity contribution in [3.05, 3.63) is 0 Å². The van der Waals surface area contributed by atoms with Gasteiger partial charge in [-0.2, -0.15) is 0 Å². The SMILES string of the molecule is C#CCCNC(=O)CCC(=O)OCC. The monoisotopic (exact) mass is 197 g/mol. The zero-order valence-corrected chi connectivity index (χ0v) is 8.34. The standard InChI is InChI=1S/C10H15NO3/c1-3-5-8-11-9(12)6-7-10(13)14-4-2/h1H,4-8H2,2H3,(H,11,12). The van der Waals surface area contributed by atoms with E-state index in [1.807, 2.05) is 0 Å². The third-order valence-corrected chi connectivity index (χ3v) is 1.45. The Balaban J connectivity index is 3.44. The second-order valence-corrected chi connectivity index (χ2v) is 2.61. The van der Waals surface area contributed by atoms with Crippen LogP contribution in [-0.4, -0.2) is 25.0 Å². The minimum absolute atomic E-state index is 0.121. The second kappa shape index (κ2) is 8.11. The summed E-state index contributed by atoms with van der Waals surface area (Å²) in [4.78, 5) is 21.9. The Morgan fingerprint density at radius 2 is 2.14 bits per heavy atom. The smallest absolute Gasteiger partial charge is 0.306 e. The molecule has 4 nitrogen and oxygen atoms in total. The van der Waals surface area contributed by atoms with Crippen molar-refractivity contribution in [3.8, 4) is 12.3 Å². The second-order valence-electron chi connectivity index (χ2n) is 2.61. The Labute approximate surface area is 84.0 Å². The molecule has 0 fully saturated rings. The first-order valence-corrected chi connectivity index (χ1v) is 4.56. The maximum atomic E-state index is 11.0. The summed E-state index contributed by atoms with van der Waals surface area (Å²) < 4.78 is 4.67. The van der Waals surface area contributed by atoms with Gasteiger partial charge in [0.15, 0.2) is 0 Å². The highest BCUT2D eigenvalue weighted by atomic mass is 16.5. The van der Waals surface area contributed by atoms with E-state index in [-0.39, 0.29) is 24.7 Å². The Morgan fingerprint density at radius 1 is 1.43 bits per heavy atom. The molecule has 0 aromatic heterocycles. The van der Waals surface area contributed by atoms with Gasteiger partial charge in [-0.1, -0.05) is 0 Å². The molecule has 0 unspecified atom stereocenters. The molecule has 0 aliphatic heterocycles. The molecule has 0 saturated heterocycles. The fourth-order valence-corrected chi connectivity index (χ4v) is 0.811. The van der Waals surface area contributed by atoms with Crippen LogP contribution in [0.3, 0.4) is 0 Å². The molecule has 0 atom stereocenters. The molecule has 0 aromatic carbocycles. The quantitative estimate of drug-likeness (QED) is 0.382. The van der Waals surface area contributed by atoms with Crippen LogP contribution in [0.1, 0.15) is 26.2 Å². The number of rotatable bonds is 6. The van der Waals surface area contributed by atoms with Crippen LogP contribution in [0.2, 0.25) is 0 Å². The van der Waals surface area contributed by atoms with Crippen molar-refractivity contribution in [2.45, 2.75) is 26.2 Å². The van der Waals surface area contributed by atoms with Crippen LogP contribution in [0.25, 0.3) is 0 Å². The van der Waals surface area contributed by atoms with Crippen molar-refractivity contribution in [3.63, 3.8) is 0 Å². The molecule has 0 rings (SSSR count). The summed E-state index contributed by atoms with van der Waals surface area (Å²) in [5.41, 5.74) is 0. The molecular formula is C10H15NO3. The molecule has 0 bridgehead atoms. The zero-order chi connectivity index (χ0) is 10.8. The topological polar surface area (TPSA) is 55.4 Å². The van der Waals surface area contributed by atoms with E-state index in [1.54, 1.807) is 6.92 Å². The number of amides is 1. The highest BCUT2D eigenvalue weighted by Gasteiger charge is 2.06. The van der Waals surface area contributed by atoms with E-state index < -0.39 is 0 Å². The highest BCUT2D eigenvalue weighted by Crippen LogP contribution is 1.92. The van der Waals surface area contributed by atoms with Crippen molar-refractivity contribution in [1.29, 1.82) is 0 Å². The molecule has 1 amide bonds. The van der Waals surface area contributed by atoms with E-state index >= 15 is 0 Å². The third kappa shape index (κ3) is 7.17. The zero-order valence-electron chi connectivity index (χ0n) is 8.34. The molecule has 0 saturated carbocycles. The number of esters is 1. The van der Waals surface area contributed by atoms with Crippen molar-refractivity contribution in [2.24, 2.45) is 0 Å². The number of terminal acetylenes is 1. The number of nitrogens with one attached hydrogen (secondary N) is 1. The van der Waals surface area contributed by atoms with Gasteiger partial charge >= 0.3 is 5.97 Å². The minimum Gasteiger partial charge on any atom is -0.466 e. The lowest BCUT2D eigenvalue weighted by Gasteiger charge is -2.02. The van der Waals surface area contributed by atoms with Crippen molar-refractivity contribution in [2.75, 3.05) is 13.2 Å². The number of carbonyl (C=O) groups excluding carboxylic acids is 2. The predicted molar refractivity (Wildman–Crippen MR) is 52.3 cm³/mol. The maximum absolute atomic E-state index is 11.0. The van der Waals surface area contributed by atoms with Crippen LogP contribution in [0.5, 0.6) is 0 Å². The van der Waals surface area contributed by atoms with Gasteiger partial charge in [-0.3, -0.25) is 9.59 Å². The number of carbonyl (C=O) groups is 2. The van der Waals surface area contributed by atoms with Crippen molar-refractivity contribution >= 4 is 11.9 Å². The first-order chi connectivity index (χ1) is 6.70. The van der Waals surface area contributed by atoms with Gasteiger partial charge in [0.1, 0.15) is 0 Å². The van der Waals surface area contributed by atoms with Crippen LogP contribution in [0, 0.1) is 12.3 Å². The largest absolute Gasteiger partial charge is 0.466 e. The summed E-state index contributed by atoms with van der Waals surface area (Å²) in [6, 6.07) is 0. The van der Waals surface area contributed by atoms with Crippen LogP contribution in [0.4, 0.5) is 0 Å². The minimum atomic E-state index is -0.348. The van der Waals surface area contributed by atoms with E-state index in [2.05, 4.69) is 16.0 Å². The molecule has 0 heterocycles. The van der Waals surface area contributed by atoms with Gasteiger partial charge < -0.3 is 10.1 Å². The number of ether oxygens (including phenoxy) is 1. The average Bonchev–Trinajstić information content (AvgIpc) is 2.16. The molecular weight excluding hydrogens is 182 g/mol. The lowest BCUT2D eigenvalue weighted by atomic mass is 10.3. The van der Waals surface area contributed by atoms with Gasteiger partial charge in [-0.25, -0.2) is 0 Å². The molecule has 78 valence electrons. The summed E-state index contributed by atoms with van der Waals surface area (Å²) >= 11 is 0. The van der Waals surface area contributed by atoms with Crippen LogP contribution in [-0.2, 0) is 14.3 Å². The Morgan fingerprint density at radius 3 is 2.71 bits per heavy atom. The Bertz CT molecular complexity index is 230. The molecule has 1 N–H and O–H groups in total. The normalized spacial score (nSPS) is 8.86. The maximum Gasteiger partial charge on any atom is 0.306 e. The van der Waals surface area contributed by atoms with Crippen LogP contribution >= 0.6 is 0 Å². The third-order valence-electron chi connectivity index (χ3n) is 1.45. The van der Waals surface area contributed by atoms with E-state index in [0.717, 1.165) is 0 Å². The molecule has 0 spiro atoms. The fourth-order valence-electron chi connectivity index (χ4n) is 0.811. The van der Waals surface area contributed by atoms with Gasteiger partial charge in [-0.05, 0) is 6.92 Å². The van der Waals surface area contributed by atoms with E-state index in [1.165, 1.54) is 0 Å². The molecule has 0 radical (unpaired) electrons. The highest BCUT2D eigenvalue weighted by molar-refractivity contribution is 5.81. The number of hydrogen-bond acceptors (Lipinski definition) is 3. The summed E-state index contributed by atoms with van der Waals surface area (Å²) in [7, 11) is 0. The van der Waals surface area contributed by atoms with E-state index in [9.17, 15) is 9.59 Å². The first kappa shape index (κ1) is 12.5. The van der Waals surface area contributed by atoms with Gasteiger partial charge in [0.2, 0.25) is 5.91 Å². The van der Waals surface area contributed by atoms with Crippen molar-refractivity contribution < 1.29 is 14.3 Å².